The minimum absolute atomic E-state index is 0.0458. The lowest BCUT2D eigenvalue weighted by molar-refractivity contribution is -0.130. The van der Waals surface area contributed by atoms with Crippen molar-refractivity contribution in [2.24, 2.45) is 0 Å². The van der Waals surface area contributed by atoms with Gasteiger partial charge in [-0.15, -0.1) is 0 Å². The summed E-state index contributed by atoms with van der Waals surface area (Å²) in [5, 5.41) is 1.77. The Bertz CT molecular complexity index is 467. The lowest BCUT2D eigenvalue weighted by atomic mass is 10.2. The number of nitrogens with zero attached hydrogens (tertiary/aromatic N) is 2. The topological polar surface area (TPSA) is 52.7 Å². The second-order valence-electron chi connectivity index (χ2n) is 4.44. The van der Waals surface area contributed by atoms with Crippen molar-refractivity contribution >= 4 is 11.8 Å². The first-order valence-corrected chi connectivity index (χ1v) is 6.13. The van der Waals surface area contributed by atoms with E-state index in [0.29, 0.717) is 31.7 Å². The Morgan fingerprint density at radius 1 is 1.11 bits per heavy atom. The predicted molar refractivity (Wildman–Crippen MR) is 67.7 cm³/mol. The van der Waals surface area contributed by atoms with Gasteiger partial charge in [-0.2, -0.15) is 0 Å². The molecule has 1 aromatic rings. The Morgan fingerprint density at radius 3 is 2.21 bits per heavy atom. The number of rotatable bonds is 2. The van der Waals surface area contributed by atoms with Crippen LogP contribution in [0.5, 0.6) is 0 Å². The molecule has 0 spiro atoms. The maximum absolute atomic E-state index is 12.7. The summed E-state index contributed by atoms with van der Waals surface area (Å²) in [6.07, 6.45) is 0. The molecule has 2 amide bonds. The SMILES string of the molecule is CC(=O)N1CCN(NC(=O)c2ccc([18F])cc2)CC1. The van der Waals surface area contributed by atoms with Crippen molar-refractivity contribution in [2.45, 2.75) is 6.92 Å². The molecule has 1 aliphatic heterocycles. The van der Waals surface area contributed by atoms with Crippen molar-refractivity contribution in [3.63, 3.8) is 0 Å². The molecule has 1 heterocycles. The summed E-state index contributed by atoms with van der Waals surface area (Å²) >= 11 is 0. The van der Waals surface area contributed by atoms with E-state index in [1.165, 1.54) is 31.2 Å². The monoisotopic (exact) mass is 264 g/mol. The standard InChI is InChI=1S/C13H16FN3O2/c1-10(18)16-6-8-17(9-7-16)15-13(19)11-2-4-12(14)5-3-11/h2-5H,6-9H2,1H3,(H,15,19)/i14-1. The van der Waals surface area contributed by atoms with Gasteiger partial charge in [0.15, 0.2) is 0 Å². The number of carbonyl (C=O) groups is 2. The summed E-state index contributed by atoms with van der Waals surface area (Å²) in [4.78, 5) is 24.8. The van der Waals surface area contributed by atoms with Crippen LogP contribution in [-0.2, 0) is 4.79 Å². The molecule has 1 fully saturated rings. The van der Waals surface area contributed by atoms with Gasteiger partial charge in [0.25, 0.3) is 5.91 Å². The van der Waals surface area contributed by atoms with Crippen molar-refractivity contribution < 1.29 is 14.0 Å². The van der Waals surface area contributed by atoms with Crippen LogP contribution < -0.4 is 5.43 Å². The van der Waals surface area contributed by atoms with Crippen LogP contribution in [0.3, 0.4) is 0 Å². The molecule has 0 atom stereocenters. The molecule has 1 N–H and O–H groups in total. The van der Waals surface area contributed by atoms with E-state index in [1.807, 2.05) is 0 Å². The average Bonchev–Trinajstić information content (AvgIpc) is 2.40. The van der Waals surface area contributed by atoms with Crippen molar-refractivity contribution in [1.82, 2.24) is 15.3 Å². The zero-order valence-corrected chi connectivity index (χ0v) is 10.7. The van der Waals surface area contributed by atoms with E-state index in [1.54, 1.807) is 9.91 Å². The van der Waals surface area contributed by atoms with E-state index in [-0.39, 0.29) is 17.6 Å². The molecule has 2 rings (SSSR count). The molecule has 0 bridgehead atoms. The van der Waals surface area contributed by atoms with E-state index in [2.05, 4.69) is 5.43 Å². The average molecular weight is 264 g/mol. The highest BCUT2D eigenvalue weighted by atomic mass is 18.2. The third-order valence-electron chi connectivity index (χ3n) is 3.09. The molecule has 1 aromatic carbocycles. The first-order valence-electron chi connectivity index (χ1n) is 6.13. The third-order valence-corrected chi connectivity index (χ3v) is 3.09. The molecular weight excluding hydrogens is 248 g/mol. The second kappa shape index (κ2) is 5.79. The minimum atomic E-state index is -0.369. The van der Waals surface area contributed by atoms with Crippen molar-refractivity contribution in [2.75, 3.05) is 26.2 Å². The van der Waals surface area contributed by atoms with Gasteiger partial charge in [0, 0.05) is 38.7 Å². The maximum atomic E-state index is 12.7. The molecule has 6 heteroatoms. The summed E-state index contributed by atoms with van der Waals surface area (Å²) in [5.74, 6) is -0.590. The number of carbonyl (C=O) groups excluding carboxylic acids is 2. The summed E-state index contributed by atoms with van der Waals surface area (Å²) in [6.45, 7) is 3.91. The molecule has 102 valence electrons. The number of halogens is 1. The first kappa shape index (κ1) is 13.5. The number of hydrazine groups is 1. The van der Waals surface area contributed by atoms with Gasteiger partial charge in [0.05, 0.1) is 0 Å². The van der Waals surface area contributed by atoms with Gasteiger partial charge < -0.3 is 4.90 Å². The van der Waals surface area contributed by atoms with Gasteiger partial charge in [-0.1, -0.05) is 0 Å². The molecule has 0 unspecified atom stereocenters. The van der Waals surface area contributed by atoms with Gasteiger partial charge in [0.1, 0.15) is 5.82 Å². The van der Waals surface area contributed by atoms with E-state index in [9.17, 15) is 14.0 Å². The Morgan fingerprint density at radius 2 is 1.68 bits per heavy atom. The lowest BCUT2D eigenvalue weighted by Crippen LogP contribution is -2.54. The van der Waals surface area contributed by atoms with Crippen LogP contribution in [0.25, 0.3) is 0 Å². The highest BCUT2D eigenvalue weighted by Crippen LogP contribution is 2.04. The van der Waals surface area contributed by atoms with Gasteiger partial charge in [-0.3, -0.25) is 15.0 Å². The number of nitrogens with one attached hydrogen (secondary N) is 1. The summed E-state index contributed by atoms with van der Waals surface area (Å²) < 4.78 is 12.7. The zero-order chi connectivity index (χ0) is 13.8. The molecule has 0 radical (unpaired) electrons. The van der Waals surface area contributed by atoms with E-state index in [0.717, 1.165) is 0 Å². The maximum Gasteiger partial charge on any atom is 0.265 e. The molecule has 0 aromatic heterocycles. The summed E-state index contributed by atoms with van der Waals surface area (Å²) in [6, 6.07) is 5.39. The quantitative estimate of drug-likeness (QED) is 0.852. The number of piperazine rings is 1. The van der Waals surface area contributed by atoms with Crippen LogP contribution in [0, 0.1) is 5.82 Å². The van der Waals surface area contributed by atoms with Gasteiger partial charge in [-0.25, -0.2) is 9.40 Å². The molecule has 0 aliphatic carbocycles. The van der Waals surface area contributed by atoms with E-state index < -0.39 is 0 Å². The fourth-order valence-corrected chi connectivity index (χ4v) is 1.94. The molecule has 1 saturated heterocycles. The Labute approximate surface area is 111 Å². The van der Waals surface area contributed by atoms with Crippen molar-refractivity contribution in [1.29, 1.82) is 0 Å². The van der Waals surface area contributed by atoms with Crippen LogP contribution in [0.1, 0.15) is 17.3 Å². The molecular formula is C13H16FN3O2. The highest BCUT2D eigenvalue weighted by Gasteiger charge is 2.20. The molecule has 1 aliphatic rings. The Kier molecular flexibility index (Phi) is 4.11. The van der Waals surface area contributed by atoms with E-state index in [4.69, 9.17) is 0 Å². The van der Waals surface area contributed by atoms with Crippen LogP contribution in [-0.4, -0.2) is 47.9 Å². The summed E-state index contributed by atoms with van der Waals surface area (Å²) in [7, 11) is 0. The first-order chi connectivity index (χ1) is 9.06. The van der Waals surface area contributed by atoms with Crippen LogP contribution in [0.2, 0.25) is 0 Å². The zero-order valence-electron chi connectivity index (χ0n) is 10.7. The van der Waals surface area contributed by atoms with Crippen molar-refractivity contribution in [3.05, 3.63) is 35.6 Å². The van der Waals surface area contributed by atoms with Crippen LogP contribution in [0.15, 0.2) is 24.3 Å². The normalized spacial score (nSPS) is 16.2. The highest BCUT2D eigenvalue weighted by molar-refractivity contribution is 5.93. The van der Waals surface area contributed by atoms with Gasteiger partial charge in [-0.05, 0) is 24.3 Å². The number of hydrogen-bond donors (Lipinski definition) is 1. The molecule has 5 nitrogen and oxygen atoms in total. The fourth-order valence-electron chi connectivity index (χ4n) is 1.94. The van der Waals surface area contributed by atoms with Gasteiger partial charge >= 0.3 is 0 Å². The van der Waals surface area contributed by atoms with Gasteiger partial charge in [0.2, 0.25) is 5.91 Å². The van der Waals surface area contributed by atoms with E-state index >= 15 is 0 Å². The smallest absolute Gasteiger partial charge is 0.265 e. The van der Waals surface area contributed by atoms with Crippen LogP contribution in [0.4, 0.5) is 4.39 Å². The predicted octanol–water partition coefficient (Wildman–Crippen LogP) is 0.635. The lowest BCUT2D eigenvalue weighted by Gasteiger charge is -2.34. The number of hydrogen-bond acceptors (Lipinski definition) is 3. The minimum Gasteiger partial charge on any atom is -0.340 e. The molecule has 19 heavy (non-hydrogen) atoms. The Balaban J connectivity index is 1.87. The largest absolute Gasteiger partial charge is 0.340 e. The van der Waals surface area contributed by atoms with Crippen LogP contribution >= 0.6 is 0 Å². The number of amides is 2. The molecule has 0 saturated carbocycles. The third kappa shape index (κ3) is 3.51. The van der Waals surface area contributed by atoms with Crippen molar-refractivity contribution in [3.8, 4) is 0 Å². The Hall–Kier alpha value is -1.95. The second-order valence-corrected chi connectivity index (χ2v) is 4.44. The number of benzene rings is 1. The fraction of sp³-hybridized carbons (Fsp3) is 0.385. The summed E-state index contributed by atoms with van der Waals surface area (Å²) in [5.41, 5.74) is 3.16.